The lowest BCUT2D eigenvalue weighted by Gasteiger charge is -2.33. The Morgan fingerprint density at radius 3 is 2.19 bits per heavy atom. The Bertz CT molecular complexity index is 1160. The molecule has 1 aliphatic rings. The van der Waals surface area contributed by atoms with Crippen LogP contribution in [0.25, 0.3) is 0 Å². The van der Waals surface area contributed by atoms with Gasteiger partial charge in [-0.1, -0.05) is 60.7 Å². The van der Waals surface area contributed by atoms with Crippen LogP contribution in [0.3, 0.4) is 0 Å². The number of amides is 2. The van der Waals surface area contributed by atoms with Crippen LogP contribution in [0.5, 0.6) is 0 Å². The maximum absolute atomic E-state index is 13.2. The topological polar surface area (TPSA) is 95.6 Å². The van der Waals surface area contributed by atoms with Gasteiger partial charge >= 0.3 is 6.18 Å². The van der Waals surface area contributed by atoms with Crippen LogP contribution in [-0.4, -0.2) is 71.1 Å². The number of thioether (sulfide) groups is 1. The predicted octanol–water partition coefficient (Wildman–Crippen LogP) is 4.95. The summed E-state index contributed by atoms with van der Waals surface area (Å²) >= 11 is 0.855. The van der Waals surface area contributed by atoms with Gasteiger partial charge in [-0.25, -0.2) is 0 Å². The molecule has 0 bridgehead atoms. The molecule has 0 unspecified atom stereocenters. The second-order valence-electron chi connectivity index (χ2n) is 10.4. The van der Waals surface area contributed by atoms with Crippen LogP contribution in [0.2, 0.25) is 0 Å². The number of hydrogen-bond donors (Lipinski definition) is 2. The van der Waals surface area contributed by atoms with E-state index >= 15 is 0 Å². The number of piperidine rings is 1. The Hall–Kier alpha value is -3.18. The van der Waals surface area contributed by atoms with E-state index in [9.17, 15) is 32.3 Å². The second kappa shape index (κ2) is 17.1. The van der Waals surface area contributed by atoms with Gasteiger partial charge in [0.2, 0.25) is 17.6 Å². The van der Waals surface area contributed by atoms with Gasteiger partial charge in [0.25, 0.3) is 0 Å². The molecule has 11 heteroatoms. The van der Waals surface area contributed by atoms with Crippen molar-refractivity contribution in [2.75, 3.05) is 24.6 Å². The summed E-state index contributed by atoms with van der Waals surface area (Å²) in [6, 6.07) is 18.0. The zero-order valence-electron chi connectivity index (χ0n) is 23.5. The Balaban J connectivity index is 1.47. The Kier molecular flexibility index (Phi) is 13.5. The number of ketones is 2. The normalized spacial score (nSPS) is 15.1. The molecule has 0 spiro atoms. The van der Waals surface area contributed by atoms with Crippen molar-refractivity contribution in [3.05, 3.63) is 71.8 Å². The molecule has 0 radical (unpaired) electrons. The average Bonchev–Trinajstić information content (AvgIpc) is 2.97. The number of alkyl halides is 3. The molecule has 2 aromatic carbocycles. The van der Waals surface area contributed by atoms with Gasteiger partial charge in [-0.15, -0.1) is 0 Å². The van der Waals surface area contributed by atoms with E-state index < -0.39 is 23.8 Å². The Labute approximate surface area is 249 Å². The van der Waals surface area contributed by atoms with Crippen LogP contribution >= 0.6 is 11.8 Å². The van der Waals surface area contributed by atoms with Crippen molar-refractivity contribution in [3.8, 4) is 0 Å². The van der Waals surface area contributed by atoms with Crippen LogP contribution in [0.15, 0.2) is 60.7 Å². The van der Waals surface area contributed by atoms with Crippen molar-refractivity contribution >= 4 is 35.1 Å². The zero-order chi connectivity index (χ0) is 30.4. The number of rotatable bonds is 16. The summed E-state index contributed by atoms with van der Waals surface area (Å²) < 4.78 is 37.4. The number of nitrogens with one attached hydrogen (secondary N) is 2. The number of carbonyl (C=O) groups is 4. The Morgan fingerprint density at radius 2 is 1.55 bits per heavy atom. The van der Waals surface area contributed by atoms with Gasteiger partial charge in [0, 0.05) is 44.1 Å². The highest BCUT2D eigenvalue weighted by molar-refractivity contribution is 7.99. The lowest BCUT2D eigenvalue weighted by molar-refractivity contribution is -0.167. The van der Waals surface area contributed by atoms with Crippen molar-refractivity contribution in [2.45, 2.75) is 69.8 Å². The minimum Gasteiger partial charge on any atom is -0.351 e. The highest BCUT2D eigenvalue weighted by atomic mass is 32.2. The Morgan fingerprint density at radius 1 is 0.905 bits per heavy atom. The number of nitrogens with zero attached hydrogens (tertiary/aromatic N) is 1. The smallest absolute Gasteiger partial charge is 0.351 e. The molecule has 0 aliphatic carbocycles. The SMILES string of the molecule is O=C(CCCC(=O)c1ccccc1)N[C@@H](CCCSCC(=O)C(F)(F)F)C(=O)NC1CCN(Cc2ccccc2)CC1. The largest absolute Gasteiger partial charge is 0.450 e. The number of benzene rings is 2. The fourth-order valence-corrected chi connectivity index (χ4v) is 5.59. The number of Topliss-reactive ketones (excluding diaryl/α,β-unsaturated/α-hetero) is 2. The van der Waals surface area contributed by atoms with E-state index in [1.807, 2.05) is 24.3 Å². The number of likely N-dealkylation sites (tertiary alicyclic amines) is 1. The summed E-state index contributed by atoms with van der Waals surface area (Å²) in [6.07, 6.45) is -2.19. The van der Waals surface area contributed by atoms with Crippen LogP contribution in [0.1, 0.15) is 60.9 Å². The molecular weight excluding hydrogens is 567 g/mol. The summed E-state index contributed by atoms with van der Waals surface area (Å²) in [4.78, 5) is 51.6. The predicted molar refractivity (Wildman–Crippen MR) is 157 cm³/mol. The molecule has 2 amide bonds. The van der Waals surface area contributed by atoms with E-state index in [4.69, 9.17) is 0 Å². The third kappa shape index (κ3) is 12.0. The molecule has 2 N–H and O–H groups in total. The first-order valence-electron chi connectivity index (χ1n) is 14.2. The van der Waals surface area contributed by atoms with Crippen molar-refractivity contribution in [3.63, 3.8) is 0 Å². The third-order valence-corrected chi connectivity index (χ3v) is 8.11. The summed E-state index contributed by atoms with van der Waals surface area (Å²) in [5.74, 6) is -3.00. The highest BCUT2D eigenvalue weighted by Crippen LogP contribution is 2.20. The highest BCUT2D eigenvalue weighted by Gasteiger charge is 2.37. The maximum Gasteiger partial charge on any atom is 0.450 e. The average molecular weight is 606 g/mol. The summed E-state index contributed by atoms with van der Waals surface area (Å²) in [5, 5.41) is 5.80. The molecule has 2 aromatic rings. The van der Waals surface area contributed by atoms with Crippen LogP contribution in [0.4, 0.5) is 13.2 Å². The van der Waals surface area contributed by atoms with E-state index in [1.165, 1.54) is 5.56 Å². The first kappa shape index (κ1) is 33.3. The molecule has 1 fully saturated rings. The van der Waals surface area contributed by atoms with Gasteiger partial charge in [-0.05, 0) is 43.4 Å². The van der Waals surface area contributed by atoms with Gasteiger partial charge < -0.3 is 10.6 Å². The first-order valence-corrected chi connectivity index (χ1v) is 15.4. The van der Waals surface area contributed by atoms with E-state index in [-0.39, 0.29) is 48.7 Å². The quantitative estimate of drug-likeness (QED) is 0.208. The molecular formula is C31H38F3N3O4S. The number of carbonyl (C=O) groups excluding carboxylic acids is 4. The van der Waals surface area contributed by atoms with E-state index in [0.717, 1.165) is 44.2 Å². The first-order chi connectivity index (χ1) is 20.1. The monoisotopic (exact) mass is 605 g/mol. The lowest BCUT2D eigenvalue weighted by Crippen LogP contribution is -2.52. The lowest BCUT2D eigenvalue weighted by atomic mass is 10.0. The third-order valence-electron chi connectivity index (χ3n) is 7.07. The van der Waals surface area contributed by atoms with Crippen molar-refractivity contribution in [1.82, 2.24) is 15.5 Å². The van der Waals surface area contributed by atoms with Gasteiger partial charge in [-0.3, -0.25) is 24.1 Å². The van der Waals surface area contributed by atoms with Gasteiger partial charge in [0.05, 0.1) is 5.75 Å². The molecule has 0 saturated carbocycles. The van der Waals surface area contributed by atoms with Gasteiger partial charge in [0.1, 0.15) is 6.04 Å². The molecule has 1 aliphatic heterocycles. The van der Waals surface area contributed by atoms with Crippen LogP contribution in [0, 0.1) is 0 Å². The second-order valence-corrected chi connectivity index (χ2v) is 11.5. The van der Waals surface area contributed by atoms with E-state index in [2.05, 4.69) is 27.7 Å². The maximum atomic E-state index is 13.2. The van der Waals surface area contributed by atoms with Gasteiger partial charge in [-0.2, -0.15) is 24.9 Å². The molecule has 1 heterocycles. The van der Waals surface area contributed by atoms with E-state index in [1.54, 1.807) is 24.3 Å². The molecule has 228 valence electrons. The minimum atomic E-state index is -4.86. The number of halogens is 3. The molecule has 7 nitrogen and oxygen atoms in total. The summed E-state index contributed by atoms with van der Waals surface area (Å²) in [6.45, 7) is 2.47. The molecule has 0 aromatic heterocycles. The molecule has 42 heavy (non-hydrogen) atoms. The van der Waals surface area contributed by atoms with Crippen molar-refractivity contribution in [1.29, 1.82) is 0 Å². The van der Waals surface area contributed by atoms with Crippen LogP contribution in [-0.2, 0) is 20.9 Å². The summed E-state index contributed by atoms with van der Waals surface area (Å²) in [7, 11) is 0. The van der Waals surface area contributed by atoms with E-state index in [0.29, 0.717) is 18.4 Å². The zero-order valence-corrected chi connectivity index (χ0v) is 24.4. The molecule has 1 saturated heterocycles. The van der Waals surface area contributed by atoms with Crippen molar-refractivity contribution < 1.29 is 32.3 Å². The van der Waals surface area contributed by atoms with Gasteiger partial charge in [0.15, 0.2) is 5.78 Å². The molecule has 3 rings (SSSR count). The van der Waals surface area contributed by atoms with Crippen molar-refractivity contribution in [2.24, 2.45) is 0 Å². The standard InChI is InChI=1S/C31H38F3N3O4S/c32-31(33,34)28(39)22-42-20-8-13-26(36-29(40)15-7-14-27(38)24-11-5-2-6-12-24)30(41)35-25-16-18-37(19-17-25)21-23-9-3-1-4-10-23/h1-6,9-12,25-26H,7-8,13-22H2,(H,35,41)(H,36,40)/t26-/m0/s1. The summed E-state index contributed by atoms with van der Waals surface area (Å²) in [5.41, 5.74) is 1.80. The fraction of sp³-hybridized carbons (Fsp3) is 0.484. The molecule has 1 atom stereocenters. The number of hydrogen-bond acceptors (Lipinski definition) is 6. The van der Waals surface area contributed by atoms with Crippen LogP contribution < -0.4 is 10.6 Å². The minimum absolute atomic E-state index is 0.0498. The fourth-order valence-electron chi connectivity index (χ4n) is 4.73.